The predicted octanol–water partition coefficient (Wildman–Crippen LogP) is 4.81. The predicted molar refractivity (Wildman–Crippen MR) is 85.3 cm³/mol. The van der Waals surface area contributed by atoms with E-state index in [1.807, 2.05) is 0 Å². The molecule has 0 aliphatic heterocycles. The van der Waals surface area contributed by atoms with E-state index >= 15 is 0 Å². The van der Waals surface area contributed by atoms with E-state index < -0.39 is 11.8 Å². The quantitative estimate of drug-likeness (QED) is 0.804. The van der Waals surface area contributed by atoms with Crippen molar-refractivity contribution < 1.29 is 23.8 Å². The van der Waals surface area contributed by atoms with Crippen molar-refractivity contribution in [2.24, 2.45) is 0 Å². The van der Waals surface area contributed by atoms with Crippen LogP contribution in [-0.4, -0.2) is 17.7 Å². The summed E-state index contributed by atoms with van der Waals surface area (Å²) in [6.07, 6.45) is 0. The number of hydrogen-bond acceptors (Lipinski definition) is 3. The molecule has 0 atom stereocenters. The molecule has 0 spiro atoms. The molecule has 0 saturated heterocycles. The van der Waals surface area contributed by atoms with Gasteiger partial charge in [-0.15, -0.1) is 0 Å². The summed E-state index contributed by atoms with van der Waals surface area (Å²) in [6.45, 7) is 2.10. The van der Waals surface area contributed by atoms with Crippen LogP contribution in [0.5, 0.6) is 11.5 Å². The van der Waals surface area contributed by atoms with Crippen molar-refractivity contribution in [3.8, 4) is 11.5 Å². The second kappa shape index (κ2) is 7.53. The van der Waals surface area contributed by atoms with Gasteiger partial charge in [-0.3, -0.25) is 0 Å². The van der Waals surface area contributed by atoms with Crippen molar-refractivity contribution in [3.05, 3.63) is 57.3 Å². The molecular weight excluding hydrogens is 346 g/mol. The molecular formula is C16H13Cl2FO4. The molecule has 0 aliphatic rings. The zero-order chi connectivity index (χ0) is 17.0. The standard InChI is InChI=1S/C16H13Cl2FO4/c1-2-22-14-6-10(16(20)21)5-13(18)15(14)23-8-9-3-4-11(19)7-12(9)17/h3-7H,2,8H2,1H3,(H,20,21). The molecule has 1 N–H and O–H groups in total. The molecule has 0 radical (unpaired) electrons. The fraction of sp³-hybridized carbons (Fsp3) is 0.188. The third-order valence-corrected chi connectivity index (χ3v) is 3.58. The molecule has 0 amide bonds. The van der Waals surface area contributed by atoms with Gasteiger partial charge in [-0.25, -0.2) is 9.18 Å². The van der Waals surface area contributed by atoms with E-state index in [2.05, 4.69) is 0 Å². The van der Waals surface area contributed by atoms with Crippen molar-refractivity contribution in [2.75, 3.05) is 6.61 Å². The van der Waals surface area contributed by atoms with E-state index in [9.17, 15) is 9.18 Å². The highest BCUT2D eigenvalue weighted by Crippen LogP contribution is 2.37. The van der Waals surface area contributed by atoms with Crippen molar-refractivity contribution in [1.29, 1.82) is 0 Å². The smallest absolute Gasteiger partial charge is 0.335 e. The summed E-state index contributed by atoms with van der Waals surface area (Å²) >= 11 is 12.0. The lowest BCUT2D eigenvalue weighted by molar-refractivity contribution is 0.0696. The van der Waals surface area contributed by atoms with Crippen molar-refractivity contribution >= 4 is 29.2 Å². The Kier molecular flexibility index (Phi) is 5.69. The Hall–Kier alpha value is -1.98. The van der Waals surface area contributed by atoms with E-state index in [4.69, 9.17) is 37.8 Å². The minimum Gasteiger partial charge on any atom is -0.490 e. The van der Waals surface area contributed by atoms with Gasteiger partial charge in [0.1, 0.15) is 12.4 Å². The third kappa shape index (κ3) is 4.27. The molecule has 122 valence electrons. The van der Waals surface area contributed by atoms with Gasteiger partial charge in [-0.05, 0) is 31.2 Å². The molecule has 0 saturated carbocycles. The summed E-state index contributed by atoms with van der Waals surface area (Å²) in [6, 6.07) is 6.55. The number of carboxylic acids is 1. The summed E-state index contributed by atoms with van der Waals surface area (Å²) in [5.74, 6) is -1.15. The Balaban J connectivity index is 2.29. The highest BCUT2D eigenvalue weighted by Gasteiger charge is 2.16. The minimum absolute atomic E-state index is 0.00869. The van der Waals surface area contributed by atoms with Gasteiger partial charge >= 0.3 is 5.97 Å². The van der Waals surface area contributed by atoms with E-state index in [1.165, 1.54) is 30.3 Å². The topological polar surface area (TPSA) is 55.8 Å². The van der Waals surface area contributed by atoms with Gasteiger partial charge in [0.05, 0.1) is 22.2 Å². The molecule has 23 heavy (non-hydrogen) atoms. The van der Waals surface area contributed by atoms with Crippen LogP contribution in [-0.2, 0) is 6.61 Å². The SMILES string of the molecule is CCOc1cc(C(=O)O)cc(Cl)c1OCc1ccc(F)cc1Cl. The maximum absolute atomic E-state index is 13.0. The normalized spacial score (nSPS) is 10.4. The summed E-state index contributed by atoms with van der Waals surface area (Å²) < 4.78 is 24.0. The Morgan fingerprint density at radius 3 is 2.52 bits per heavy atom. The molecule has 0 aromatic heterocycles. The number of ether oxygens (including phenoxy) is 2. The number of carbonyl (C=O) groups is 1. The molecule has 2 rings (SSSR count). The van der Waals surface area contributed by atoms with Crippen LogP contribution in [0.3, 0.4) is 0 Å². The molecule has 2 aromatic carbocycles. The Morgan fingerprint density at radius 1 is 1.17 bits per heavy atom. The molecule has 0 fully saturated rings. The fourth-order valence-corrected chi connectivity index (χ4v) is 2.37. The van der Waals surface area contributed by atoms with Crippen molar-refractivity contribution in [1.82, 2.24) is 0 Å². The fourth-order valence-electron chi connectivity index (χ4n) is 1.88. The zero-order valence-corrected chi connectivity index (χ0v) is 13.6. The Bertz CT molecular complexity index is 734. The van der Waals surface area contributed by atoms with Crippen LogP contribution in [0.25, 0.3) is 0 Å². The third-order valence-electron chi connectivity index (χ3n) is 2.94. The van der Waals surface area contributed by atoms with Gasteiger partial charge in [-0.1, -0.05) is 29.3 Å². The molecule has 0 unspecified atom stereocenters. The van der Waals surface area contributed by atoms with Gasteiger partial charge in [0.2, 0.25) is 0 Å². The Labute approximate surface area is 142 Å². The zero-order valence-electron chi connectivity index (χ0n) is 12.1. The molecule has 7 heteroatoms. The van der Waals surface area contributed by atoms with Crippen LogP contribution in [0.15, 0.2) is 30.3 Å². The number of benzene rings is 2. The van der Waals surface area contributed by atoms with E-state index in [1.54, 1.807) is 6.92 Å². The van der Waals surface area contributed by atoms with Crippen LogP contribution < -0.4 is 9.47 Å². The molecule has 2 aromatic rings. The molecule has 4 nitrogen and oxygen atoms in total. The van der Waals surface area contributed by atoms with Crippen LogP contribution in [0.4, 0.5) is 4.39 Å². The van der Waals surface area contributed by atoms with Crippen LogP contribution in [0.1, 0.15) is 22.8 Å². The summed E-state index contributed by atoms with van der Waals surface area (Å²) in [4.78, 5) is 11.1. The second-order valence-electron chi connectivity index (χ2n) is 4.55. The number of aromatic carboxylic acids is 1. The average Bonchev–Trinajstić information content (AvgIpc) is 2.48. The van der Waals surface area contributed by atoms with Crippen molar-refractivity contribution in [2.45, 2.75) is 13.5 Å². The van der Waals surface area contributed by atoms with Crippen LogP contribution in [0, 0.1) is 5.82 Å². The number of hydrogen-bond donors (Lipinski definition) is 1. The number of rotatable bonds is 6. The lowest BCUT2D eigenvalue weighted by Gasteiger charge is -2.15. The number of halogens is 3. The first-order chi connectivity index (χ1) is 10.9. The summed E-state index contributed by atoms with van der Waals surface area (Å²) in [5.41, 5.74) is 0.555. The lowest BCUT2D eigenvalue weighted by atomic mass is 10.2. The minimum atomic E-state index is -1.12. The second-order valence-corrected chi connectivity index (χ2v) is 5.36. The molecule has 0 aliphatic carbocycles. The lowest BCUT2D eigenvalue weighted by Crippen LogP contribution is -2.04. The first-order valence-electron chi connectivity index (χ1n) is 6.68. The summed E-state index contributed by atoms with van der Waals surface area (Å²) in [7, 11) is 0. The largest absolute Gasteiger partial charge is 0.490 e. The van der Waals surface area contributed by atoms with Gasteiger partial charge in [0, 0.05) is 5.56 Å². The van der Waals surface area contributed by atoms with E-state index in [0.29, 0.717) is 12.2 Å². The van der Waals surface area contributed by atoms with Gasteiger partial charge < -0.3 is 14.6 Å². The van der Waals surface area contributed by atoms with Crippen LogP contribution >= 0.6 is 23.2 Å². The Morgan fingerprint density at radius 2 is 1.91 bits per heavy atom. The van der Waals surface area contributed by atoms with E-state index in [0.717, 1.165) is 0 Å². The van der Waals surface area contributed by atoms with Gasteiger partial charge in [0.15, 0.2) is 11.5 Å². The molecule has 0 heterocycles. The maximum atomic E-state index is 13.0. The first kappa shape index (κ1) is 17.4. The first-order valence-corrected chi connectivity index (χ1v) is 7.44. The van der Waals surface area contributed by atoms with Crippen LogP contribution in [0.2, 0.25) is 10.0 Å². The molecule has 0 bridgehead atoms. The van der Waals surface area contributed by atoms with Gasteiger partial charge in [0.25, 0.3) is 0 Å². The monoisotopic (exact) mass is 358 g/mol. The summed E-state index contributed by atoms with van der Waals surface area (Å²) in [5, 5.41) is 9.38. The highest BCUT2D eigenvalue weighted by molar-refractivity contribution is 6.32. The highest BCUT2D eigenvalue weighted by atomic mass is 35.5. The maximum Gasteiger partial charge on any atom is 0.335 e. The van der Waals surface area contributed by atoms with Gasteiger partial charge in [-0.2, -0.15) is 0 Å². The average molecular weight is 359 g/mol. The van der Waals surface area contributed by atoms with E-state index in [-0.39, 0.29) is 33.7 Å². The number of carboxylic acid groups (broad SMARTS) is 1. The van der Waals surface area contributed by atoms with Crippen molar-refractivity contribution in [3.63, 3.8) is 0 Å².